The van der Waals surface area contributed by atoms with E-state index in [2.05, 4.69) is 5.10 Å². The van der Waals surface area contributed by atoms with E-state index in [0.717, 1.165) is 42.8 Å². The Hall–Kier alpha value is -2.07. The van der Waals surface area contributed by atoms with E-state index in [1.54, 1.807) is 16.8 Å². The van der Waals surface area contributed by atoms with Crippen LogP contribution in [0.5, 0.6) is 0 Å². The van der Waals surface area contributed by atoms with Crippen LogP contribution in [0.15, 0.2) is 36.4 Å². The van der Waals surface area contributed by atoms with Crippen LogP contribution in [0.3, 0.4) is 0 Å². The number of carbonyl (C=O) groups is 1. The maximum atomic E-state index is 12.4. The topological polar surface area (TPSA) is 38.1 Å². The van der Waals surface area contributed by atoms with Gasteiger partial charge >= 0.3 is 0 Å². The van der Waals surface area contributed by atoms with Crippen molar-refractivity contribution in [2.24, 2.45) is 0 Å². The van der Waals surface area contributed by atoms with Crippen LogP contribution in [0.1, 0.15) is 42.5 Å². The molecule has 0 radical (unpaired) electrons. The summed E-state index contributed by atoms with van der Waals surface area (Å²) in [5, 5.41) is 5.09. The molecule has 1 saturated heterocycles. The van der Waals surface area contributed by atoms with Crippen molar-refractivity contribution in [2.75, 3.05) is 13.1 Å². The minimum absolute atomic E-state index is 0.0631. The van der Waals surface area contributed by atoms with Gasteiger partial charge in [-0.1, -0.05) is 54.8 Å². The van der Waals surface area contributed by atoms with Gasteiger partial charge in [0.1, 0.15) is 5.15 Å². The molecular formula is C20H24ClN3O. The number of aromatic nitrogens is 2. The number of nitrogens with zero attached hydrogens (tertiary/aromatic N) is 3. The second-order valence-corrected chi connectivity index (χ2v) is 6.86. The van der Waals surface area contributed by atoms with E-state index in [1.807, 2.05) is 42.2 Å². The Morgan fingerprint density at radius 2 is 1.84 bits per heavy atom. The largest absolute Gasteiger partial charge is 0.339 e. The van der Waals surface area contributed by atoms with Crippen LogP contribution in [-0.2, 0) is 11.3 Å². The molecule has 4 nitrogen and oxygen atoms in total. The fourth-order valence-electron chi connectivity index (χ4n) is 3.17. The van der Waals surface area contributed by atoms with Gasteiger partial charge in [0.25, 0.3) is 0 Å². The van der Waals surface area contributed by atoms with Crippen molar-refractivity contribution in [3.63, 3.8) is 0 Å². The molecule has 0 aliphatic carbocycles. The molecule has 0 spiro atoms. The van der Waals surface area contributed by atoms with Gasteiger partial charge in [0.05, 0.1) is 12.2 Å². The van der Waals surface area contributed by atoms with E-state index >= 15 is 0 Å². The lowest BCUT2D eigenvalue weighted by atomic mass is 10.2. The van der Waals surface area contributed by atoms with Crippen LogP contribution in [0.25, 0.3) is 6.08 Å². The van der Waals surface area contributed by atoms with Gasteiger partial charge in [-0.15, -0.1) is 0 Å². The monoisotopic (exact) mass is 357 g/mol. The Bertz CT molecular complexity index is 744. The number of rotatable bonds is 4. The molecule has 25 heavy (non-hydrogen) atoms. The predicted octanol–water partition coefficient (Wildman–Crippen LogP) is 4.31. The van der Waals surface area contributed by atoms with E-state index in [0.29, 0.717) is 11.7 Å². The van der Waals surface area contributed by atoms with Crippen molar-refractivity contribution >= 4 is 23.6 Å². The van der Waals surface area contributed by atoms with E-state index < -0.39 is 0 Å². The Morgan fingerprint density at radius 1 is 1.16 bits per heavy atom. The molecule has 0 saturated carbocycles. The Balaban J connectivity index is 1.72. The highest BCUT2D eigenvalue weighted by Crippen LogP contribution is 2.22. The molecule has 1 fully saturated rings. The highest BCUT2D eigenvalue weighted by Gasteiger charge is 2.15. The normalized spacial score (nSPS) is 15.5. The highest BCUT2D eigenvalue weighted by molar-refractivity contribution is 6.31. The van der Waals surface area contributed by atoms with Crippen LogP contribution >= 0.6 is 11.6 Å². The van der Waals surface area contributed by atoms with Crippen molar-refractivity contribution in [3.8, 4) is 0 Å². The van der Waals surface area contributed by atoms with Gasteiger partial charge in [-0.3, -0.25) is 4.79 Å². The van der Waals surface area contributed by atoms with Crippen molar-refractivity contribution in [2.45, 2.75) is 39.2 Å². The summed E-state index contributed by atoms with van der Waals surface area (Å²) in [5.74, 6) is 0.0631. The third-order valence-electron chi connectivity index (χ3n) is 4.59. The number of aryl methyl sites for hydroxylation is 1. The van der Waals surface area contributed by atoms with Crippen molar-refractivity contribution in [1.82, 2.24) is 14.7 Å². The zero-order valence-corrected chi connectivity index (χ0v) is 15.4. The first-order chi connectivity index (χ1) is 12.1. The van der Waals surface area contributed by atoms with Crippen molar-refractivity contribution in [3.05, 3.63) is 58.4 Å². The van der Waals surface area contributed by atoms with Crippen LogP contribution in [-0.4, -0.2) is 33.7 Å². The lowest BCUT2D eigenvalue weighted by Gasteiger charge is -2.17. The van der Waals surface area contributed by atoms with Gasteiger partial charge in [0.2, 0.25) is 5.91 Å². The van der Waals surface area contributed by atoms with Crippen LogP contribution in [0.4, 0.5) is 0 Å². The first-order valence-corrected chi connectivity index (χ1v) is 9.27. The molecule has 2 heterocycles. The molecule has 5 heteroatoms. The lowest BCUT2D eigenvalue weighted by Crippen LogP contribution is -2.30. The molecule has 1 amide bonds. The summed E-state index contributed by atoms with van der Waals surface area (Å²) in [5.41, 5.74) is 2.80. The molecule has 0 unspecified atom stereocenters. The summed E-state index contributed by atoms with van der Waals surface area (Å²) in [6.07, 6.45) is 8.05. The minimum atomic E-state index is 0.0631. The zero-order chi connectivity index (χ0) is 17.6. The molecule has 1 aromatic carbocycles. The van der Waals surface area contributed by atoms with Gasteiger partial charge < -0.3 is 4.90 Å². The average molecular weight is 358 g/mol. The Morgan fingerprint density at radius 3 is 2.52 bits per heavy atom. The molecule has 1 aromatic heterocycles. The van der Waals surface area contributed by atoms with Gasteiger partial charge in [0.15, 0.2) is 0 Å². The number of carbonyl (C=O) groups excluding carboxylic acids is 1. The summed E-state index contributed by atoms with van der Waals surface area (Å²) in [6, 6.07) is 10.1. The minimum Gasteiger partial charge on any atom is -0.339 e. The standard InChI is InChI=1S/C20H24ClN3O/c1-16-18(11-12-19(25)23-13-7-2-3-8-14-23)20(21)24(22-16)15-17-9-5-4-6-10-17/h4-6,9-12H,2-3,7-8,13-15H2,1H3/b12-11+. The summed E-state index contributed by atoms with van der Waals surface area (Å²) in [4.78, 5) is 14.3. The number of hydrogen-bond acceptors (Lipinski definition) is 2. The maximum absolute atomic E-state index is 12.4. The third-order valence-corrected chi connectivity index (χ3v) is 4.99. The first kappa shape index (κ1) is 17.7. The van der Waals surface area contributed by atoms with E-state index in [9.17, 15) is 4.79 Å². The Labute approximate surface area is 154 Å². The predicted molar refractivity (Wildman–Crippen MR) is 102 cm³/mol. The van der Waals surface area contributed by atoms with Crippen LogP contribution in [0, 0.1) is 6.92 Å². The molecule has 2 aromatic rings. The molecule has 0 atom stereocenters. The van der Waals surface area contributed by atoms with Gasteiger partial charge in [-0.25, -0.2) is 4.68 Å². The SMILES string of the molecule is Cc1nn(Cc2ccccc2)c(Cl)c1/C=C/C(=O)N1CCCCCC1. The van der Waals surface area contributed by atoms with E-state index in [4.69, 9.17) is 11.6 Å². The van der Waals surface area contributed by atoms with Gasteiger partial charge in [-0.05, 0) is 31.4 Å². The zero-order valence-electron chi connectivity index (χ0n) is 14.6. The molecule has 0 N–H and O–H groups in total. The maximum Gasteiger partial charge on any atom is 0.246 e. The average Bonchev–Trinajstić information content (AvgIpc) is 2.82. The third kappa shape index (κ3) is 4.51. The van der Waals surface area contributed by atoms with Gasteiger partial charge in [0, 0.05) is 24.7 Å². The summed E-state index contributed by atoms with van der Waals surface area (Å²) >= 11 is 6.50. The van der Waals surface area contributed by atoms with Crippen molar-refractivity contribution in [1.29, 1.82) is 0 Å². The van der Waals surface area contributed by atoms with Crippen LogP contribution < -0.4 is 0 Å². The number of amides is 1. The highest BCUT2D eigenvalue weighted by atomic mass is 35.5. The molecule has 1 aliphatic heterocycles. The van der Waals surface area contributed by atoms with Crippen LogP contribution in [0.2, 0.25) is 5.15 Å². The van der Waals surface area contributed by atoms with E-state index in [-0.39, 0.29) is 5.91 Å². The fourth-order valence-corrected chi connectivity index (χ4v) is 3.47. The molecule has 132 valence electrons. The summed E-state index contributed by atoms with van der Waals surface area (Å²) in [7, 11) is 0. The summed E-state index contributed by atoms with van der Waals surface area (Å²) in [6.45, 7) is 4.24. The number of hydrogen-bond donors (Lipinski definition) is 0. The second-order valence-electron chi connectivity index (χ2n) is 6.51. The first-order valence-electron chi connectivity index (χ1n) is 8.89. The number of benzene rings is 1. The second kappa shape index (κ2) is 8.34. The molecule has 1 aliphatic rings. The number of likely N-dealkylation sites (tertiary alicyclic amines) is 1. The number of halogens is 1. The lowest BCUT2D eigenvalue weighted by molar-refractivity contribution is -0.125. The van der Waals surface area contributed by atoms with Crippen molar-refractivity contribution < 1.29 is 4.79 Å². The van der Waals surface area contributed by atoms with E-state index in [1.165, 1.54) is 12.8 Å². The molecular weight excluding hydrogens is 334 g/mol. The smallest absolute Gasteiger partial charge is 0.246 e. The van der Waals surface area contributed by atoms with Gasteiger partial charge in [-0.2, -0.15) is 5.10 Å². The summed E-state index contributed by atoms with van der Waals surface area (Å²) < 4.78 is 1.78. The molecule has 3 rings (SSSR count). The fraction of sp³-hybridized carbons (Fsp3) is 0.400. The quantitative estimate of drug-likeness (QED) is 0.765. The Kier molecular flexibility index (Phi) is 5.92. The molecule has 0 bridgehead atoms.